The molecule has 0 radical (unpaired) electrons. The van der Waals surface area contributed by atoms with Crippen LogP contribution in [0.5, 0.6) is 0 Å². The van der Waals surface area contributed by atoms with Gasteiger partial charge in [0, 0.05) is 7.05 Å². The van der Waals surface area contributed by atoms with E-state index in [4.69, 9.17) is 9.47 Å². The van der Waals surface area contributed by atoms with E-state index >= 15 is 0 Å². The summed E-state index contributed by atoms with van der Waals surface area (Å²) in [5.41, 5.74) is 0.185. The van der Waals surface area contributed by atoms with Crippen molar-refractivity contribution in [2.24, 2.45) is 0 Å². The second kappa shape index (κ2) is 7.57. The molecular formula is C18H25N3O4S. The Bertz CT molecular complexity index is 826. The van der Waals surface area contributed by atoms with Gasteiger partial charge in [-0.25, -0.2) is 19.6 Å². The number of thiophene rings is 1. The van der Waals surface area contributed by atoms with E-state index in [9.17, 15) is 9.59 Å². The van der Waals surface area contributed by atoms with Crippen LogP contribution in [0.4, 0.5) is 5.82 Å². The minimum atomic E-state index is -0.567. The summed E-state index contributed by atoms with van der Waals surface area (Å²) in [5.74, 6) is -0.135. The summed E-state index contributed by atoms with van der Waals surface area (Å²) in [4.78, 5) is 36.1. The maximum absolute atomic E-state index is 12.4. The zero-order valence-electron chi connectivity index (χ0n) is 16.2. The van der Waals surface area contributed by atoms with Crippen LogP contribution in [0.2, 0.25) is 0 Å². The number of likely N-dealkylation sites (N-methyl/N-ethyl adjacent to an activating group) is 1. The van der Waals surface area contributed by atoms with Gasteiger partial charge in [0.05, 0.1) is 12.0 Å². The van der Waals surface area contributed by atoms with E-state index in [1.165, 1.54) is 17.7 Å². The van der Waals surface area contributed by atoms with Gasteiger partial charge in [-0.05, 0) is 47.1 Å². The van der Waals surface area contributed by atoms with Crippen LogP contribution in [0.25, 0.3) is 10.2 Å². The SMILES string of the molecule is CCOC(=O)c1sc2ncnc(N(C)[C@H](C)C(=O)OC(C)(C)C)c2c1C. The van der Waals surface area contributed by atoms with Crippen LogP contribution in [-0.2, 0) is 14.3 Å². The van der Waals surface area contributed by atoms with E-state index in [-0.39, 0.29) is 11.9 Å². The lowest BCUT2D eigenvalue weighted by Gasteiger charge is -2.28. The zero-order chi connectivity index (χ0) is 19.6. The van der Waals surface area contributed by atoms with Crippen molar-refractivity contribution in [3.8, 4) is 0 Å². The molecule has 8 heteroatoms. The Labute approximate surface area is 157 Å². The molecule has 0 aromatic carbocycles. The smallest absolute Gasteiger partial charge is 0.348 e. The third kappa shape index (κ3) is 4.12. The third-order valence-corrected chi connectivity index (χ3v) is 5.01. The van der Waals surface area contributed by atoms with Gasteiger partial charge in [-0.15, -0.1) is 11.3 Å². The number of carbonyl (C=O) groups excluding carboxylic acids is 2. The molecule has 0 aliphatic heterocycles. The number of aromatic nitrogens is 2. The Morgan fingerprint density at radius 1 is 1.31 bits per heavy atom. The topological polar surface area (TPSA) is 81.6 Å². The van der Waals surface area contributed by atoms with Crippen molar-refractivity contribution in [1.82, 2.24) is 9.97 Å². The van der Waals surface area contributed by atoms with Crippen molar-refractivity contribution in [2.45, 2.75) is 53.2 Å². The van der Waals surface area contributed by atoms with E-state index in [0.717, 1.165) is 10.9 Å². The summed E-state index contributed by atoms with van der Waals surface area (Å²) in [7, 11) is 1.78. The highest BCUT2D eigenvalue weighted by Crippen LogP contribution is 2.35. The predicted molar refractivity (Wildman–Crippen MR) is 102 cm³/mol. The number of rotatable bonds is 5. The molecule has 0 aliphatic carbocycles. The molecule has 2 rings (SSSR count). The van der Waals surface area contributed by atoms with Gasteiger partial charge in [0.25, 0.3) is 0 Å². The molecule has 2 heterocycles. The van der Waals surface area contributed by atoms with Crippen LogP contribution < -0.4 is 4.90 Å². The van der Waals surface area contributed by atoms with Crippen LogP contribution in [0.15, 0.2) is 6.33 Å². The van der Waals surface area contributed by atoms with Gasteiger partial charge >= 0.3 is 11.9 Å². The van der Waals surface area contributed by atoms with Crippen molar-refractivity contribution in [1.29, 1.82) is 0 Å². The largest absolute Gasteiger partial charge is 0.462 e. The molecule has 0 amide bonds. The van der Waals surface area contributed by atoms with Gasteiger partial charge in [0.2, 0.25) is 0 Å². The summed E-state index contributed by atoms with van der Waals surface area (Å²) < 4.78 is 10.6. The molecule has 0 bridgehead atoms. The van der Waals surface area contributed by atoms with Crippen LogP contribution >= 0.6 is 11.3 Å². The van der Waals surface area contributed by atoms with Gasteiger partial charge in [-0.2, -0.15) is 0 Å². The first kappa shape index (κ1) is 20.1. The summed E-state index contributed by atoms with van der Waals surface area (Å²) in [6.45, 7) is 11.2. The van der Waals surface area contributed by atoms with Crippen LogP contribution in [0.1, 0.15) is 49.9 Å². The molecule has 0 spiro atoms. The average molecular weight is 379 g/mol. The quantitative estimate of drug-likeness (QED) is 0.737. The fraction of sp³-hybridized carbons (Fsp3) is 0.556. The first-order valence-electron chi connectivity index (χ1n) is 8.43. The number of anilines is 1. The van der Waals surface area contributed by atoms with Crippen LogP contribution in [0, 0.1) is 6.92 Å². The number of ether oxygens (including phenoxy) is 2. The molecule has 7 nitrogen and oxygen atoms in total. The fourth-order valence-electron chi connectivity index (χ4n) is 2.44. The molecule has 0 saturated carbocycles. The van der Waals surface area contributed by atoms with Gasteiger partial charge < -0.3 is 14.4 Å². The van der Waals surface area contributed by atoms with Crippen molar-refractivity contribution in [3.63, 3.8) is 0 Å². The lowest BCUT2D eigenvalue weighted by Crippen LogP contribution is -2.41. The van der Waals surface area contributed by atoms with Gasteiger partial charge in [-0.3, -0.25) is 0 Å². The number of carbonyl (C=O) groups is 2. The van der Waals surface area contributed by atoms with Crippen molar-refractivity contribution >= 4 is 39.3 Å². The van der Waals surface area contributed by atoms with Crippen molar-refractivity contribution in [2.75, 3.05) is 18.6 Å². The predicted octanol–water partition coefficient (Wildman–Crippen LogP) is 3.34. The van der Waals surface area contributed by atoms with Crippen LogP contribution in [0.3, 0.4) is 0 Å². The Kier molecular flexibility index (Phi) is 5.85. The number of aryl methyl sites for hydroxylation is 1. The zero-order valence-corrected chi connectivity index (χ0v) is 17.1. The van der Waals surface area contributed by atoms with Crippen molar-refractivity contribution < 1.29 is 19.1 Å². The fourth-order valence-corrected chi connectivity index (χ4v) is 3.48. The Morgan fingerprint density at radius 2 is 1.96 bits per heavy atom. The highest BCUT2D eigenvalue weighted by Gasteiger charge is 2.28. The minimum absolute atomic E-state index is 0.306. The number of hydrogen-bond acceptors (Lipinski definition) is 8. The maximum atomic E-state index is 12.4. The van der Waals surface area contributed by atoms with E-state index in [0.29, 0.717) is 22.1 Å². The van der Waals surface area contributed by atoms with E-state index in [1.54, 1.807) is 25.8 Å². The highest BCUT2D eigenvalue weighted by molar-refractivity contribution is 7.20. The van der Waals surface area contributed by atoms with Gasteiger partial charge in [0.15, 0.2) is 0 Å². The second-order valence-corrected chi connectivity index (χ2v) is 7.97. The van der Waals surface area contributed by atoms with Crippen molar-refractivity contribution in [3.05, 3.63) is 16.8 Å². The number of esters is 2. The monoisotopic (exact) mass is 379 g/mol. The van der Waals surface area contributed by atoms with E-state index in [1.807, 2.05) is 27.7 Å². The molecule has 1 atom stereocenters. The standard InChI is InChI=1S/C18H25N3O4S/c1-8-24-17(23)13-10(2)12-14(19-9-20-15(12)26-13)21(7)11(3)16(22)25-18(4,5)6/h9,11H,8H2,1-7H3/t11-/m1/s1. The molecule has 2 aromatic heterocycles. The van der Waals surface area contributed by atoms with E-state index < -0.39 is 11.6 Å². The maximum Gasteiger partial charge on any atom is 0.348 e. The molecule has 142 valence electrons. The Balaban J connectivity index is 2.43. The molecule has 0 N–H and O–H groups in total. The number of fused-ring (bicyclic) bond motifs is 1. The minimum Gasteiger partial charge on any atom is -0.462 e. The lowest BCUT2D eigenvalue weighted by atomic mass is 10.1. The summed E-state index contributed by atoms with van der Waals surface area (Å²) in [6.07, 6.45) is 1.43. The normalized spacial score (nSPS) is 12.7. The molecule has 0 aliphatic rings. The molecule has 0 unspecified atom stereocenters. The molecular weight excluding hydrogens is 354 g/mol. The molecule has 0 fully saturated rings. The van der Waals surface area contributed by atoms with Crippen LogP contribution in [-0.4, -0.2) is 47.2 Å². The second-order valence-electron chi connectivity index (χ2n) is 6.97. The first-order chi connectivity index (χ1) is 12.1. The molecule has 0 saturated heterocycles. The number of nitrogens with zero attached hydrogens (tertiary/aromatic N) is 3. The average Bonchev–Trinajstić information content (AvgIpc) is 2.89. The summed E-state index contributed by atoms with van der Waals surface area (Å²) in [5, 5.41) is 0.749. The van der Waals surface area contributed by atoms with E-state index in [2.05, 4.69) is 9.97 Å². The Morgan fingerprint density at radius 3 is 2.54 bits per heavy atom. The molecule has 2 aromatic rings. The highest BCUT2D eigenvalue weighted by atomic mass is 32.1. The first-order valence-corrected chi connectivity index (χ1v) is 9.25. The summed E-state index contributed by atoms with van der Waals surface area (Å²) in [6, 6.07) is -0.544. The summed E-state index contributed by atoms with van der Waals surface area (Å²) >= 11 is 1.27. The number of hydrogen-bond donors (Lipinski definition) is 0. The Hall–Kier alpha value is -2.22. The lowest BCUT2D eigenvalue weighted by molar-refractivity contribution is -0.156. The third-order valence-electron chi connectivity index (χ3n) is 3.83. The molecule has 26 heavy (non-hydrogen) atoms. The van der Waals surface area contributed by atoms with Gasteiger partial charge in [0.1, 0.15) is 33.5 Å². The van der Waals surface area contributed by atoms with Gasteiger partial charge in [-0.1, -0.05) is 0 Å².